The molecule has 0 fully saturated rings. The number of hydrogen-bond acceptors (Lipinski definition) is 3. The fourth-order valence-electron chi connectivity index (χ4n) is 1.18. The van der Waals surface area contributed by atoms with Crippen molar-refractivity contribution in [2.24, 2.45) is 0 Å². The SMILES string of the molecule is CC(C)OC(=O)c1ccc(C(C)O)cc1. The van der Waals surface area contributed by atoms with Crippen molar-refractivity contribution in [2.45, 2.75) is 33.0 Å². The highest BCUT2D eigenvalue weighted by Gasteiger charge is 2.09. The van der Waals surface area contributed by atoms with E-state index in [1.807, 2.05) is 13.8 Å². The number of benzene rings is 1. The molecule has 1 aromatic rings. The van der Waals surface area contributed by atoms with Gasteiger partial charge in [-0.25, -0.2) is 4.79 Å². The summed E-state index contributed by atoms with van der Waals surface area (Å²) in [6.45, 7) is 5.30. The minimum Gasteiger partial charge on any atom is -0.459 e. The molecule has 0 spiro atoms. The van der Waals surface area contributed by atoms with Crippen molar-refractivity contribution < 1.29 is 14.6 Å². The number of rotatable bonds is 3. The van der Waals surface area contributed by atoms with Gasteiger partial charge in [-0.1, -0.05) is 12.1 Å². The normalized spacial score (nSPS) is 12.6. The van der Waals surface area contributed by atoms with Gasteiger partial charge in [0.15, 0.2) is 0 Å². The van der Waals surface area contributed by atoms with Gasteiger partial charge < -0.3 is 9.84 Å². The Balaban J connectivity index is 2.75. The second-order valence-electron chi connectivity index (χ2n) is 3.75. The van der Waals surface area contributed by atoms with E-state index in [2.05, 4.69) is 0 Å². The maximum Gasteiger partial charge on any atom is 0.338 e. The summed E-state index contributed by atoms with van der Waals surface area (Å²) in [4.78, 5) is 11.5. The number of ether oxygens (including phenoxy) is 1. The molecule has 0 saturated heterocycles. The van der Waals surface area contributed by atoms with Crippen molar-refractivity contribution in [3.05, 3.63) is 35.4 Å². The molecule has 0 saturated carbocycles. The third-order valence-corrected chi connectivity index (χ3v) is 1.97. The first-order valence-electron chi connectivity index (χ1n) is 4.99. The van der Waals surface area contributed by atoms with Crippen molar-refractivity contribution in [3.63, 3.8) is 0 Å². The van der Waals surface area contributed by atoms with E-state index < -0.39 is 6.10 Å². The molecule has 1 atom stereocenters. The molecule has 3 nitrogen and oxygen atoms in total. The molecule has 15 heavy (non-hydrogen) atoms. The van der Waals surface area contributed by atoms with Crippen LogP contribution in [0.2, 0.25) is 0 Å². The molecule has 3 heteroatoms. The largest absolute Gasteiger partial charge is 0.459 e. The Bertz CT molecular complexity index is 325. The van der Waals surface area contributed by atoms with Crippen LogP contribution in [-0.4, -0.2) is 17.2 Å². The average molecular weight is 208 g/mol. The van der Waals surface area contributed by atoms with E-state index >= 15 is 0 Å². The number of aliphatic hydroxyl groups excluding tert-OH is 1. The second kappa shape index (κ2) is 4.94. The summed E-state index contributed by atoms with van der Waals surface area (Å²) in [6, 6.07) is 6.77. The summed E-state index contributed by atoms with van der Waals surface area (Å²) < 4.78 is 5.04. The van der Waals surface area contributed by atoms with E-state index in [1.165, 1.54) is 0 Å². The van der Waals surface area contributed by atoms with Crippen LogP contribution in [0.3, 0.4) is 0 Å². The summed E-state index contributed by atoms with van der Waals surface area (Å²) in [5.74, 6) is -0.331. The molecule has 0 aliphatic rings. The molecule has 82 valence electrons. The van der Waals surface area contributed by atoms with Crippen LogP contribution in [0.25, 0.3) is 0 Å². The van der Waals surface area contributed by atoms with Crippen LogP contribution in [0.4, 0.5) is 0 Å². The van der Waals surface area contributed by atoms with Crippen molar-refractivity contribution in [2.75, 3.05) is 0 Å². The third-order valence-electron chi connectivity index (χ3n) is 1.97. The average Bonchev–Trinajstić information content (AvgIpc) is 2.17. The molecule has 0 heterocycles. The van der Waals surface area contributed by atoms with Gasteiger partial charge in [-0.3, -0.25) is 0 Å². The molecule has 0 aromatic heterocycles. The first-order chi connectivity index (χ1) is 7.00. The number of aliphatic hydroxyl groups is 1. The van der Waals surface area contributed by atoms with Crippen LogP contribution in [0.15, 0.2) is 24.3 Å². The van der Waals surface area contributed by atoms with Gasteiger partial charge in [-0.2, -0.15) is 0 Å². The molecule has 1 rings (SSSR count). The Morgan fingerprint density at radius 3 is 2.13 bits per heavy atom. The zero-order valence-electron chi connectivity index (χ0n) is 9.23. The van der Waals surface area contributed by atoms with Crippen molar-refractivity contribution in [3.8, 4) is 0 Å². The maximum atomic E-state index is 11.5. The van der Waals surface area contributed by atoms with Crippen molar-refractivity contribution in [1.82, 2.24) is 0 Å². The summed E-state index contributed by atoms with van der Waals surface area (Å²) in [7, 11) is 0. The van der Waals surface area contributed by atoms with Gasteiger partial charge in [0.1, 0.15) is 0 Å². The Labute approximate surface area is 89.7 Å². The lowest BCUT2D eigenvalue weighted by molar-refractivity contribution is 0.0377. The molecule has 0 aliphatic carbocycles. The van der Waals surface area contributed by atoms with Crippen LogP contribution in [0.1, 0.15) is 42.8 Å². The van der Waals surface area contributed by atoms with E-state index in [-0.39, 0.29) is 12.1 Å². The van der Waals surface area contributed by atoms with Crippen LogP contribution in [0, 0.1) is 0 Å². The molecular weight excluding hydrogens is 192 g/mol. The van der Waals surface area contributed by atoms with Gasteiger partial charge in [0.05, 0.1) is 17.8 Å². The van der Waals surface area contributed by atoms with Crippen LogP contribution in [0.5, 0.6) is 0 Å². The Hall–Kier alpha value is -1.35. The fraction of sp³-hybridized carbons (Fsp3) is 0.417. The summed E-state index contributed by atoms with van der Waals surface area (Å²) >= 11 is 0. The Kier molecular flexibility index (Phi) is 3.86. The van der Waals surface area contributed by atoms with E-state index in [4.69, 9.17) is 4.74 Å². The zero-order valence-corrected chi connectivity index (χ0v) is 9.23. The third kappa shape index (κ3) is 3.36. The summed E-state index contributed by atoms with van der Waals surface area (Å²) in [5, 5.41) is 9.28. The highest BCUT2D eigenvalue weighted by Crippen LogP contribution is 2.13. The van der Waals surface area contributed by atoms with E-state index in [9.17, 15) is 9.90 Å². The van der Waals surface area contributed by atoms with Gasteiger partial charge >= 0.3 is 5.97 Å². The topological polar surface area (TPSA) is 46.5 Å². The highest BCUT2D eigenvalue weighted by atomic mass is 16.5. The number of carbonyl (C=O) groups is 1. The van der Waals surface area contributed by atoms with Gasteiger partial charge in [-0.15, -0.1) is 0 Å². The minimum atomic E-state index is -0.514. The predicted molar refractivity (Wildman–Crippen MR) is 57.6 cm³/mol. The molecule has 1 unspecified atom stereocenters. The Morgan fingerprint density at radius 1 is 1.20 bits per heavy atom. The number of esters is 1. The molecular formula is C12H16O3. The Morgan fingerprint density at radius 2 is 1.73 bits per heavy atom. The smallest absolute Gasteiger partial charge is 0.338 e. The van der Waals surface area contributed by atoms with Gasteiger partial charge in [0.2, 0.25) is 0 Å². The lowest BCUT2D eigenvalue weighted by Crippen LogP contribution is -2.11. The molecule has 0 amide bonds. The number of hydrogen-bond donors (Lipinski definition) is 1. The lowest BCUT2D eigenvalue weighted by Gasteiger charge is -2.09. The molecule has 0 aliphatic heterocycles. The first-order valence-corrected chi connectivity index (χ1v) is 4.99. The molecule has 0 bridgehead atoms. The van der Waals surface area contributed by atoms with Crippen LogP contribution in [-0.2, 0) is 4.74 Å². The van der Waals surface area contributed by atoms with E-state index in [0.717, 1.165) is 5.56 Å². The van der Waals surface area contributed by atoms with E-state index in [1.54, 1.807) is 31.2 Å². The second-order valence-corrected chi connectivity index (χ2v) is 3.75. The molecule has 0 radical (unpaired) electrons. The predicted octanol–water partition coefficient (Wildman–Crippen LogP) is 2.31. The fourth-order valence-corrected chi connectivity index (χ4v) is 1.18. The summed E-state index contributed by atoms with van der Waals surface area (Å²) in [6.07, 6.45) is -0.630. The van der Waals surface area contributed by atoms with Gasteiger partial charge in [0, 0.05) is 0 Å². The highest BCUT2D eigenvalue weighted by molar-refractivity contribution is 5.89. The quantitative estimate of drug-likeness (QED) is 0.775. The minimum absolute atomic E-state index is 0.117. The van der Waals surface area contributed by atoms with Gasteiger partial charge in [0.25, 0.3) is 0 Å². The van der Waals surface area contributed by atoms with E-state index in [0.29, 0.717) is 5.56 Å². The number of carbonyl (C=O) groups excluding carboxylic acids is 1. The first kappa shape index (κ1) is 11.7. The maximum absolute atomic E-state index is 11.5. The van der Waals surface area contributed by atoms with Crippen molar-refractivity contribution >= 4 is 5.97 Å². The van der Waals surface area contributed by atoms with Crippen molar-refractivity contribution in [1.29, 1.82) is 0 Å². The monoisotopic (exact) mass is 208 g/mol. The molecule has 1 N–H and O–H groups in total. The molecule has 1 aromatic carbocycles. The lowest BCUT2D eigenvalue weighted by atomic mass is 10.1. The van der Waals surface area contributed by atoms with Crippen LogP contribution >= 0.6 is 0 Å². The van der Waals surface area contributed by atoms with Gasteiger partial charge in [-0.05, 0) is 38.5 Å². The zero-order chi connectivity index (χ0) is 11.4. The summed E-state index contributed by atoms with van der Waals surface area (Å²) in [5.41, 5.74) is 1.30. The van der Waals surface area contributed by atoms with Crippen LogP contribution < -0.4 is 0 Å². The standard InChI is InChI=1S/C12H16O3/c1-8(2)15-12(14)11-6-4-10(5-7-11)9(3)13/h4-9,13H,1-3H3.